The average molecular weight is 300 g/mol. The highest BCUT2D eigenvalue weighted by Gasteiger charge is 2.41. The average Bonchev–Trinajstić information content (AvgIpc) is 2.44. The Bertz CT molecular complexity index is 399. The summed E-state index contributed by atoms with van der Waals surface area (Å²) >= 11 is 5.86. The van der Waals surface area contributed by atoms with Crippen molar-refractivity contribution in [1.29, 1.82) is 0 Å². The maximum absolute atomic E-state index is 5.93. The van der Waals surface area contributed by atoms with Crippen molar-refractivity contribution >= 4 is 11.6 Å². The van der Waals surface area contributed by atoms with Gasteiger partial charge in [0.15, 0.2) is 0 Å². The van der Waals surface area contributed by atoms with Gasteiger partial charge in [0.25, 0.3) is 0 Å². The van der Waals surface area contributed by atoms with Gasteiger partial charge in [0.1, 0.15) is 0 Å². The van der Waals surface area contributed by atoms with Crippen LogP contribution >= 0.6 is 11.6 Å². The fourth-order valence-electron chi connectivity index (χ4n) is 2.30. The zero-order valence-electron chi connectivity index (χ0n) is 12.0. The molecule has 4 nitrogen and oxygen atoms in total. The number of halogens is 1. The third-order valence-corrected chi connectivity index (χ3v) is 3.85. The van der Waals surface area contributed by atoms with Crippen molar-refractivity contribution < 1.29 is 14.2 Å². The molecule has 0 bridgehead atoms. The molecule has 112 valence electrons. The highest BCUT2D eigenvalue weighted by atomic mass is 35.5. The molecule has 1 aromatic carbocycles. The van der Waals surface area contributed by atoms with E-state index in [-0.39, 0.29) is 12.2 Å². The van der Waals surface area contributed by atoms with Gasteiger partial charge in [-0.2, -0.15) is 0 Å². The maximum Gasteiger partial charge on any atom is 0.0991 e. The van der Waals surface area contributed by atoms with Gasteiger partial charge < -0.3 is 19.5 Å². The van der Waals surface area contributed by atoms with Crippen LogP contribution < -0.4 is 5.32 Å². The molecule has 0 aliphatic heterocycles. The van der Waals surface area contributed by atoms with Crippen molar-refractivity contribution in [1.82, 2.24) is 5.32 Å². The van der Waals surface area contributed by atoms with E-state index in [0.29, 0.717) is 25.9 Å². The van der Waals surface area contributed by atoms with Crippen LogP contribution in [0.1, 0.15) is 12.0 Å². The van der Waals surface area contributed by atoms with E-state index in [9.17, 15) is 0 Å². The number of benzene rings is 1. The molecule has 3 atom stereocenters. The molecule has 0 heterocycles. The summed E-state index contributed by atoms with van der Waals surface area (Å²) in [6.07, 6.45) is 1.21. The maximum atomic E-state index is 5.93. The van der Waals surface area contributed by atoms with Crippen LogP contribution in [0.5, 0.6) is 0 Å². The number of ether oxygens (including phenoxy) is 3. The van der Waals surface area contributed by atoms with Crippen LogP contribution in [0.4, 0.5) is 0 Å². The first-order valence-electron chi connectivity index (χ1n) is 6.88. The third kappa shape index (κ3) is 4.17. The molecule has 0 spiro atoms. The molecule has 1 saturated carbocycles. The Morgan fingerprint density at radius 1 is 1.20 bits per heavy atom. The number of methoxy groups -OCH3 is 1. The fourth-order valence-corrected chi connectivity index (χ4v) is 2.43. The lowest BCUT2D eigenvalue weighted by Gasteiger charge is -2.43. The Kier molecular flexibility index (Phi) is 6.26. The lowest BCUT2D eigenvalue weighted by Crippen LogP contribution is -2.59. The Hall–Kier alpha value is -0.650. The van der Waals surface area contributed by atoms with Crippen LogP contribution in [0, 0.1) is 0 Å². The van der Waals surface area contributed by atoms with Gasteiger partial charge in [-0.1, -0.05) is 23.7 Å². The summed E-state index contributed by atoms with van der Waals surface area (Å²) in [5, 5.41) is 3.99. The lowest BCUT2D eigenvalue weighted by molar-refractivity contribution is -0.155. The van der Waals surface area contributed by atoms with E-state index < -0.39 is 0 Å². The first-order chi connectivity index (χ1) is 9.74. The van der Waals surface area contributed by atoms with Crippen molar-refractivity contribution in [2.45, 2.75) is 31.3 Å². The number of hydrogen-bond donors (Lipinski definition) is 1. The largest absolute Gasteiger partial charge is 0.382 e. The first-order valence-corrected chi connectivity index (χ1v) is 7.26. The van der Waals surface area contributed by atoms with Crippen molar-refractivity contribution in [2.24, 2.45) is 0 Å². The van der Waals surface area contributed by atoms with E-state index in [2.05, 4.69) is 5.32 Å². The molecule has 2 rings (SSSR count). The standard InChI is InChI=1S/C15H22ClNO3/c1-17-13-9-14(15(13)19-8-7-18-2)20-10-11-3-5-12(16)6-4-11/h3-6,13-15,17H,7-10H2,1-2H3. The van der Waals surface area contributed by atoms with Crippen LogP contribution in [0.15, 0.2) is 24.3 Å². The number of nitrogens with one attached hydrogen (secondary N) is 1. The number of hydrogen-bond acceptors (Lipinski definition) is 4. The van der Waals surface area contributed by atoms with Crippen molar-refractivity contribution in [3.8, 4) is 0 Å². The molecule has 1 fully saturated rings. The van der Waals surface area contributed by atoms with Gasteiger partial charge in [-0.05, 0) is 31.2 Å². The second-order valence-electron chi connectivity index (χ2n) is 4.93. The van der Waals surface area contributed by atoms with Crippen LogP contribution in [-0.4, -0.2) is 45.6 Å². The molecule has 3 unspecified atom stereocenters. The summed E-state index contributed by atoms with van der Waals surface area (Å²) in [6, 6.07) is 8.09. The summed E-state index contributed by atoms with van der Waals surface area (Å²) in [4.78, 5) is 0. The van der Waals surface area contributed by atoms with Gasteiger partial charge in [0.05, 0.1) is 32.0 Å². The molecule has 0 aromatic heterocycles. The highest BCUT2D eigenvalue weighted by Crippen LogP contribution is 2.28. The second kappa shape index (κ2) is 7.96. The molecule has 1 aliphatic carbocycles. The molecule has 1 N–H and O–H groups in total. The fraction of sp³-hybridized carbons (Fsp3) is 0.600. The molecular formula is C15H22ClNO3. The first kappa shape index (κ1) is 15.7. The highest BCUT2D eigenvalue weighted by molar-refractivity contribution is 6.30. The van der Waals surface area contributed by atoms with E-state index >= 15 is 0 Å². The Balaban J connectivity index is 1.78. The predicted molar refractivity (Wildman–Crippen MR) is 79.1 cm³/mol. The molecule has 20 heavy (non-hydrogen) atoms. The van der Waals surface area contributed by atoms with Gasteiger partial charge in [-0.25, -0.2) is 0 Å². The summed E-state index contributed by atoms with van der Waals surface area (Å²) in [5.41, 5.74) is 1.12. The quantitative estimate of drug-likeness (QED) is 0.748. The molecule has 0 radical (unpaired) electrons. The van der Waals surface area contributed by atoms with Crippen LogP contribution in [-0.2, 0) is 20.8 Å². The zero-order chi connectivity index (χ0) is 14.4. The van der Waals surface area contributed by atoms with Crippen molar-refractivity contribution in [2.75, 3.05) is 27.4 Å². The van der Waals surface area contributed by atoms with Crippen molar-refractivity contribution in [3.63, 3.8) is 0 Å². The number of likely N-dealkylation sites (N-methyl/N-ethyl adjacent to an activating group) is 1. The predicted octanol–water partition coefficient (Wildman–Crippen LogP) is 2.25. The van der Waals surface area contributed by atoms with Crippen LogP contribution in [0.25, 0.3) is 0 Å². The van der Waals surface area contributed by atoms with Crippen LogP contribution in [0.3, 0.4) is 0 Å². The van der Waals surface area contributed by atoms with E-state index in [4.69, 9.17) is 25.8 Å². The zero-order valence-corrected chi connectivity index (χ0v) is 12.7. The molecule has 0 saturated heterocycles. The van der Waals surface area contributed by atoms with Gasteiger partial charge in [-0.3, -0.25) is 0 Å². The lowest BCUT2D eigenvalue weighted by atomic mass is 9.85. The summed E-state index contributed by atoms with van der Waals surface area (Å²) < 4.78 is 16.7. The van der Waals surface area contributed by atoms with Gasteiger partial charge in [-0.15, -0.1) is 0 Å². The Morgan fingerprint density at radius 3 is 2.60 bits per heavy atom. The number of rotatable bonds is 8. The van der Waals surface area contributed by atoms with Crippen LogP contribution in [0.2, 0.25) is 5.02 Å². The molecular weight excluding hydrogens is 278 g/mol. The summed E-state index contributed by atoms with van der Waals surface area (Å²) in [5.74, 6) is 0. The molecule has 1 aliphatic rings. The van der Waals surface area contributed by atoms with E-state index in [1.807, 2.05) is 31.3 Å². The van der Waals surface area contributed by atoms with E-state index in [1.165, 1.54) is 0 Å². The SMILES string of the molecule is CNC1CC(OCc2ccc(Cl)cc2)C1OCCOC. The summed E-state index contributed by atoms with van der Waals surface area (Å²) in [6.45, 7) is 1.79. The van der Waals surface area contributed by atoms with E-state index in [0.717, 1.165) is 17.0 Å². The minimum absolute atomic E-state index is 0.0995. The minimum Gasteiger partial charge on any atom is -0.382 e. The Morgan fingerprint density at radius 2 is 1.95 bits per heavy atom. The minimum atomic E-state index is 0.0995. The third-order valence-electron chi connectivity index (χ3n) is 3.60. The molecule has 0 amide bonds. The second-order valence-corrected chi connectivity index (χ2v) is 5.37. The smallest absolute Gasteiger partial charge is 0.0991 e. The Labute approximate surface area is 125 Å². The van der Waals surface area contributed by atoms with Gasteiger partial charge in [0, 0.05) is 18.2 Å². The summed E-state index contributed by atoms with van der Waals surface area (Å²) in [7, 11) is 3.63. The van der Waals surface area contributed by atoms with Gasteiger partial charge >= 0.3 is 0 Å². The normalized spacial score (nSPS) is 25.4. The molecule has 5 heteroatoms. The van der Waals surface area contributed by atoms with E-state index in [1.54, 1.807) is 7.11 Å². The monoisotopic (exact) mass is 299 g/mol. The molecule has 1 aromatic rings. The topological polar surface area (TPSA) is 39.7 Å². The van der Waals surface area contributed by atoms with Gasteiger partial charge in [0.2, 0.25) is 0 Å². The van der Waals surface area contributed by atoms with Crippen molar-refractivity contribution in [3.05, 3.63) is 34.9 Å².